The Labute approximate surface area is 178 Å². The molecular formula is C23H31LiO2P. The third kappa shape index (κ3) is 6.50. The predicted molar refractivity (Wildman–Crippen MR) is 119 cm³/mol. The first-order valence-corrected chi connectivity index (χ1v) is 10.3. The van der Waals surface area contributed by atoms with Gasteiger partial charge in [-0.2, -0.15) is 0 Å². The van der Waals surface area contributed by atoms with Gasteiger partial charge in [-0.1, -0.05) is 52.0 Å². The molecule has 2 unspecified atom stereocenters. The summed E-state index contributed by atoms with van der Waals surface area (Å²) in [5, 5.41) is 1.05. The molecule has 2 atom stereocenters. The summed E-state index contributed by atoms with van der Waals surface area (Å²) in [5.41, 5.74) is 4.59. The van der Waals surface area contributed by atoms with Crippen molar-refractivity contribution in [2.75, 3.05) is 0 Å². The Morgan fingerprint density at radius 2 is 1.59 bits per heavy atom. The van der Waals surface area contributed by atoms with Crippen molar-refractivity contribution in [3.8, 4) is 5.75 Å². The molecule has 1 radical (unpaired) electrons. The van der Waals surface area contributed by atoms with Crippen molar-refractivity contribution in [3.63, 3.8) is 0 Å². The van der Waals surface area contributed by atoms with Gasteiger partial charge in [-0.05, 0) is 75.3 Å². The van der Waals surface area contributed by atoms with E-state index < -0.39 is 0 Å². The van der Waals surface area contributed by atoms with Crippen LogP contribution in [0.3, 0.4) is 0 Å². The van der Waals surface area contributed by atoms with Crippen molar-refractivity contribution in [2.24, 2.45) is 0 Å². The van der Waals surface area contributed by atoms with Gasteiger partial charge in [0.2, 0.25) is 0 Å². The summed E-state index contributed by atoms with van der Waals surface area (Å²) >= 11 is 0. The number of carbonyl (C=O) groups is 1. The van der Waals surface area contributed by atoms with Gasteiger partial charge in [0.25, 0.3) is 0 Å². The van der Waals surface area contributed by atoms with E-state index in [0.29, 0.717) is 0 Å². The summed E-state index contributed by atoms with van der Waals surface area (Å²) < 4.78 is 5.81. The maximum absolute atomic E-state index is 12.9. The van der Waals surface area contributed by atoms with Crippen LogP contribution in [0.4, 0.5) is 0 Å². The SMILES string of the molecule is CCC(C)Oc1ccc(PC(=O)c2c(C)cc(C(C)(C)C)cc2C)cc1.[Li]. The molecule has 0 aliphatic heterocycles. The molecule has 0 aliphatic rings. The first-order chi connectivity index (χ1) is 12.1. The summed E-state index contributed by atoms with van der Waals surface area (Å²) in [6.07, 6.45) is 1.18. The van der Waals surface area contributed by atoms with E-state index in [0.717, 1.165) is 34.2 Å². The fraction of sp³-hybridized carbons (Fsp3) is 0.435. The Morgan fingerprint density at radius 1 is 1.07 bits per heavy atom. The normalized spacial score (nSPS) is 12.7. The van der Waals surface area contributed by atoms with Crippen molar-refractivity contribution in [1.82, 2.24) is 0 Å². The largest absolute Gasteiger partial charge is 0.491 e. The first-order valence-electron chi connectivity index (χ1n) is 9.31. The molecule has 0 bridgehead atoms. The summed E-state index contributed by atoms with van der Waals surface area (Å²) in [6.45, 7) is 14.9. The Kier molecular flexibility index (Phi) is 8.82. The van der Waals surface area contributed by atoms with Crippen LogP contribution in [0.15, 0.2) is 36.4 Å². The zero-order chi connectivity index (χ0) is 19.5. The zero-order valence-corrected chi connectivity index (χ0v) is 19.1. The monoisotopic (exact) mass is 377 g/mol. The molecule has 0 saturated heterocycles. The Bertz CT molecular complexity index is 753. The molecule has 2 rings (SSSR count). The molecule has 0 saturated carbocycles. The molecule has 0 aliphatic carbocycles. The first kappa shape index (κ1) is 24.0. The molecule has 2 nitrogen and oxygen atoms in total. The Balaban J connectivity index is 0.00000364. The van der Waals surface area contributed by atoms with Crippen LogP contribution in [-0.4, -0.2) is 30.5 Å². The summed E-state index contributed by atoms with van der Waals surface area (Å²) in [5.74, 6) is 0.863. The van der Waals surface area contributed by atoms with Crippen LogP contribution in [-0.2, 0) is 5.41 Å². The molecule has 2 aromatic carbocycles. The third-order valence-corrected chi connectivity index (χ3v) is 5.75. The number of aryl methyl sites for hydroxylation is 2. The zero-order valence-electron chi connectivity index (χ0n) is 18.1. The third-order valence-electron chi connectivity index (χ3n) is 4.65. The van der Waals surface area contributed by atoms with E-state index in [4.69, 9.17) is 4.74 Å². The van der Waals surface area contributed by atoms with Crippen molar-refractivity contribution in [3.05, 3.63) is 58.7 Å². The van der Waals surface area contributed by atoms with Crippen molar-refractivity contribution in [1.29, 1.82) is 0 Å². The number of hydrogen-bond acceptors (Lipinski definition) is 2. The average molecular weight is 377 g/mol. The van der Waals surface area contributed by atoms with E-state index in [9.17, 15) is 4.79 Å². The topological polar surface area (TPSA) is 26.3 Å². The molecule has 27 heavy (non-hydrogen) atoms. The number of benzene rings is 2. The number of hydrogen-bond donors (Lipinski definition) is 0. The quantitative estimate of drug-likeness (QED) is 0.488. The Morgan fingerprint density at radius 3 is 2.04 bits per heavy atom. The van der Waals surface area contributed by atoms with Gasteiger partial charge < -0.3 is 4.74 Å². The van der Waals surface area contributed by atoms with Crippen LogP contribution < -0.4 is 10.0 Å². The van der Waals surface area contributed by atoms with Gasteiger partial charge in [0.15, 0.2) is 5.52 Å². The van der Waals surface area contributed by atoms with Gasteiger partial charge in [0, 0.05) is 24.4 Å². The minimum Gasteiger partial charge on any atom is -0.491 e. The molecule has 0 heterocycles. The summed E-state index contributed by atoms with van der Waals surface area (Å²) in [6, 6.07) is 12.3. The second-order valence-electron chi connectivity index (χ2n) is 8.05. The van der Waals surface area contributed by atoms with Crippen LogP contribution >= 0.6 is 8.58 Å². The molecule has 0 fully saturated rings. The van der Waals surface area contributed by atoms with Crippen LogP contribution in [0.25, 0.3) is 0 Å². The molecule has 0 amide bonds. The summed E-state index contributed by atoms with van der Waals surface area (Å²) in [4.78, 5) is 12.9. The van der Waals surface area contributed by atoms with E-state index in [1.165, 1.54) is 5.56 Å². The van der Waals surface area contributed by atoms with E-state index >= 15 is 0 Å². The average Bonchev–Trinajstić information content (AvgIpc) is 2.55. The van der Waals surface area contributed by atoms with Gasteiger partial charge in [-0.3, -0.25) is 4.79 Å². The van der Waals surface area contributed by atoms with Crippen LogP contribution in [0.2, 0.25) is 0 Å². The number of rotatable bonds is 6. The van der Waals surface area contributed by atoms with Gasteiger partial charge in [-0.15, -0.1) is 0 Å². The molecule has 0 N–H and O–H groups in total. The fourth-order valence-electron chi connectivity index (χ4n) is 2.88. The molecule has 4 heteroatoms. The van der Waals surface area contributed by atoms with E-state index in [1.807, 2.05) is 38.1 Å². The van der Waals surface area contributed by atoms with E-state index in [-0.39, 0.29) is 44.5 Å². The van der Waals surface area contributed by atoms with Gasteiger partial charge >= 0.3 is 0 Å². The smallest absolute Gasteiger partial charge is 0.186 e. The second kappa shape index (κ2) is 9.93. The number of carbonyl (C=O) groups excluding carboxylic acids is 1. The van der Waals surface area contributed by atoms with E-state index in [1.54, 1.807) is 0 Å². The van der Waals surface area contributed by atoms with Crippen molar-refractivity contribution in [2.45, 2.75) is 66.4 Å². The van der Waals surface area contributed by atoms with E-state index in [2.05, 4.69) is 46.8 Å². The van der Waals surface area contributed by atoms with Crippen LogP contribution in [0.5, 0.6) is 5.75 Å². The fourth-order valence-corrected chi connectivity index (χ4v) is 4.00. The molecule has 0 spiro atoms. The predicted octanol–water partition coefficient (Wildman–Crippen LogP) is 5.54. The Hall–Kier alpha value is -1.06. The van der Waals surface area contributed by atoms with Crippen molar-refractivity contribution >= 4 is 38.3 Å². The van der Waals surface area contributed by atoms with Crippen LogP contribution in [0, 0.1) is 13.8 Å². The van der Waals surface area contributed by atoms with Crippen molar-refractivity contribution < 1.29 is 9.53 Å². The summed E-state index contributed by atoms with van der Waals surface area (Å²) in [7, 11) is 0.130. The maximum atomic E-state index is 12.9. The molecule has 2 aromatic rings. The molecule has 141 valence electrons. The minimum absolute atomic E-state index is 0. The maximum Gasteiger partial charge on any atom is 0.186 e. The van der Waals surface area contributed by atoms with Gasteiger partial charge in [0.05, 0.1) is 6.10 Å². The molecular weight excluding hydrogens is 346 g/mol. The van der Waals surface area contributed by atoms with Crippen LogP contribution in [0.1, 0.15) is 68.1 Å². The second-order valence-corrected chi connectivity index (χ2v) is 9.33. The molecule has 0 aromatic heterocycles. The van der Waals surface area contributed by atoms with Gasteiger partial charge in [0.1, 0.15) is 5.75 Å². The number of ether oxygens (including phenoxy) is 1. The van der Waals surface area contributed by atoms with Gasteiger partial charge in [-0.25, -0.2) is 0 Å². The minimum atomic E-state index is 0. The standard InChI is InChI=1S/C23H31O2P.Li/c1-8-17(4)25-19-9-11-20(12-10-19)26-22(24)21-15(2)13-18(14-16(21)3)23(5,6)7;/h9-14,17,26H,8H2,1-7H3;.